The third kappa shape index (κ3) is 2.81. The molecule has 0 aliphatic carbocycles. The van der Waals surface area contributed by atoms with Gasteiger partial charge in [0.1, 0.15) is 5.56 Å². The van der Waals surface area contributed by atoms with Crippen molar-refractivity contribution in [1.29, 1.82) is 0 Å². The van der Waals surface area contributed by atoms with Crippen LogP contribution in [0.1, 0.15) is 48.9 Å². The molecule has 0 saturated carbocycles. The van der Waals surface area contributed by atoms with Gasteiger partial charge < -0.3 is 9.30 Å². The fourth-order valence-corrected chi connectivity index (χ4v) is 2.19. The molecular weight excluding hydrogens is 230 g/mol. The van der Waals surface area contributed by atoms with Gasteiger partial charge in [0.25, 0.3) is 0 Å². The minimum atomic E-state index is -0.506. The van der Waals surface area contributed by atoms with Crippen molar-refractivity contribution in [2.45, 2.75) is 47.1 Å². The lowest BCUT2D eigenvalue weighted by molar-refractivity contribution is 0.0522. The number of nitrogens with zero attached hydrogens (tertiary/aromatic N) is 1. The molecule has 4 heteroatoms. The van der Waals surface area contributed by atoms with E-state index in [9.17, 15) is 9.59 Å². The third-order valence-corrected chi connectivity index (χ3v) is 2.91. The molecule has 18 heavy (non-hydrogen) atoms. The van der Waals surface area contributed by atoms with Crippen molar-refractivity contribution in [2.75, 3.05) is 6.61 Å². The highest BCUT2D eigenvalue weighted by Gasteiger charge is 2.19. The van der Waals surface area contributed by atoms with E-state index in [1.807, 2.05) is 25.3 Å². The van der Waals surface area contributed by atoms with Crippen LogP contribution in [0, 0.1) is 6.92 Å². The largest absolute Gasteiger partial charge is 0.462 e. The summed E-state index contributed by atoms with van der Waals surface area (Å²) in [7, 11) is 0. The molecule has 0 unspecified atom stereocenters. The Morgan fingerprint density at radius 2 is 2.00 bits per heavy atom. The fraction of sp³-hybridized carbons (Fsp3) is 0.571. The number of rotatable bonds is 5. The van der Waals surface area contributed by atoms with Gasteiger partial charge >= 0.3 is 5.97 Å². The van der Waals surface area contributed by atoms with Crippen molar-refractivity contribution in [3.63, 3.8) is 0 Å². The molecule has 100 valence electrons. The Labute approximate surface area is 108 Å². The van der Waals surface area contributed by atoms with Gasteiger partial charge in [0, 0.05) is 24.0 Å². The second-order valence-electron chi connectivity index (χ2n) is 4.19. The molecule has 0 saturated heterocycles. The van der Waals surface area contributed by atoms with Crippen LogP contribution in [0.25, 0.3) is 0 Å². The van der Waals surface area contributed by atoms with E-state index in [4.69, 9.17) is 4.74 Å². The van der Waals surface area contributed by atoms with E-state index < -0.39 is 5.97 Å². The lowest BCUT2D eigenvalue weighted by atomic mass is 10.1. The quantitative estimate of drug-likeness (QED) is 0.754. The van der Waals surface area contributed by atoms with Crippen molar-refractivity contribution < 1.29 is 9.53 Å². The van der Waals surface area contributed by atoms with Gasteiger partial charge in [-0.3, -0.25) is 4.79 Å². The zero-order chi connectivity index (χ0) is 13.7. The molecule has 0 radical (unpaired) electrons. The molecule has 0 N–H and O–H groups in total. The number of esters is 1. The van der Waals surface area contributed by atoms with E-state index >= 15 is 0 Å². The van der Waals surface area contributed by atoms with Crippen LogP contribution < -0.4 is 5.43 Å². The topological polar surface area (TPSA) is 48.3 Å². The highest BCUT2D eigenvalue weighted by molar-refractivity contribution is 5.90. The van der Waals surface area contributed by atoms with Crippen LogP contribution in [-0.2, 0) is 17.7 Å². The lowest BCUT2D eigenvalue weighted by Gasteiger charge is -2.17. The summed E-state index contributed by atoms with van der Waals surface area (Å²) in [4.78, 5) is 23.9. The minimum absolute atomic E-state index is 0.200. The average molecular weight is 251 g/mol. The number of hydrogen-bond acceptors (Lipinski definition) is 3. The van der Waals surface area contributed by atoms with Crippen LogP contribution in [0.15, 0.2) is 10.9 Å². The summed E-state index contributed by atoms with van der Waals surface area (Å²) in [5.74, 6) is -0.506. The molecule has 0 amide bonds. The zero-order valence-electron chi connectivity index (χ0n) is 11.6. The molecule has 0 aliphatic heterocycles. The van der Waals surface area contributed by atoms with Crippen LogP contribution in [0.2, 0.25) is 0 Å². The summed E-state index contributed by atoms with van der Waals surface area (Å²) >= 11 is 0. The molecular formula is C14H21NO3. The van der Waals surface area contributed by atoms with Gasteiger partial charge in [-0.2, -0.15) is 0 Å². The molecule has 0 spiro atoms. The molecule has 1 rings (SSSR count). The second kappa shape index (κ2) is 6.38. The summed E-state index contributed by atoms with van der Waals surface area (Å²) in [5, 5.41) is 0. The highest BCUT2D eigenvalue weighted by Crippen LogP contribution is 2.12. The van der Waals surface area contributed by atoms with Crippen molar-refractivity contribution in [1.82, 2.24) is 4.57 Å². The Bertz CT molecular complexity index is 489. The Morgan fingerprint density at radius 3 is 2.50 bits per heavy atom. The van der Waals surface area contributed by atoms with Gasteiger partial charge in [-0.15, -0.1) is 0 Å². The molecule has 0 aromatic carbocycles. The van der Waals surface area contributed by atoms with Crippen LogP contribution in [-0.4, -0.2) is 17.1 Å². The predicted octanol–water partition coefficient (Wildman–Crippen LogP) is 2.31. The van der Waals surface area contributed by atoms with Gasteiger partial charge in [0.2, 0.25) is 0 Å². The van der Waals surface area contributed by atoms with E-state index in [1.165, 1.54) is 6.07 Å². The molecule has 1 heterocycles. The number of ether oxygens (including phenoxy) is 1. The fourth-order valence-electron chi connectivity index (χ4n) is 2.19. The number of aryl methyl sites for hydroxylation is 1. The lowest BCUT2D eigenvalue weighted by Crippen LogP contribution is -2.25. The van der Waals surface area contributed by atoms with Gasteiger partial charge in [-0.1, -0.05) is 13.3 Å². The highest BCUT2D eigenvalue weighted by atomic mass is 16.5. The second-order valence-corrected chi connectivity index (χ2v) is 4.19. The molecule has 0 aliphatic rings. The van der Waals surface area contributed by atoms with Gasteiger partial charge in [-0.05, 0) is 27.2 Å². The Kier molecular flexibility index (Phi) is 5.13. The van der Waals surface area contributed by atoms with Crippen LogP contribution >= 0.6 is 0 Å². The molecule has 4 nitrogen and oxygen atoms in total. The molecule has 0 fully saturated rings. The summed E-state index contributed by atoms with van der Waals surface area (Å²) in [6.45, 7) is 8.69. The summed E-state index contributed by atoms with van der Waals surface area (Å²) in [6.07, 6.45) is 1.59. The third-order valence-electron chi connectivity index (χ3n) is 2.91. The van der Waals surface area contributed by atoms with E-state index in [-0.39, 0.29) is 17.6 Å². The first-order chi connectivity index (χ1) is 8.56. The van der Waals surface area contributed by atoms with E-state index in [1.54, 1.807) is 6.92 Å². The van der Waals surface area contributed by atoms with Gasteiger partial charge in [-0.25, -0.2) is 4.79 Å². The molecule has 0 atom stereocenters. The molecule has 0 bridgehead atoms. The molecule has 1 aromatic heterocycles. The van der Waals surface area contributed by atoms with Gasteiger partial charge in [0.05, 0.1) is 6.61 Å². The number of aromatic nitrogens is 1. The number of hydrogen-bond donors (Lipinski definition) is 0. The Hall–Kier alpha value is -1.58. The van der Waals surface area contributed by atoms with E-state index in [0.717, 1.165) is 24.4 Å². The zero-order valence-corrected chi connectivity index (χ0v) is 11.6. The first-order valence-electron chi connectivity index (χ1n) is 6.47. The maximum absolute atomic E-state index is 12.0. The predicted molar refractivity (Wildman–Crippen MR) is 71.1 cm³/mol. The smallest absolute Gasteiger partial charge is 0.343 e. The van der Waals surface area contributed by atoms with E-state index in [2.05, 4.69) is 0 Å². The van der Waals surface area contributed by atoms with Crippen LogP contribution in [0.3, 0.4) is 0 Å². The standard InChI is InChI=1S/C14H21NO3/c1-5-8-11-13(14(17)18-7-3)12(16)9-10(4)15(11)6-2/h9H,5-8H2,1-4H3. The number of pyridine rings is 1. The monoisotopic (exact) mass is 251 g/mol. The van der Waals surface area contributed by atoms with Crippen molar-refractivity contribution in [2.24, 2.45) is 0 Å². The van der Waals surface area contributed by atoms with Crippen molar-refractivity contribution in [3.8, 4) is 0 Å². The maximum atomic E-state index is 12.0. The van der Waals surface area contributed by atoms with Crippen molar-refractivity contribution >= 4 is 5.97 Å². The number of carbonyl (C=O) groups excluding carboxylic acids is 1. The SMILES string of the molecule is CCCc1c(C(=O)OCC)c(=O)cc(C)n1CC. The Morgan fingerprint density at radius 1 is 1.33 bits per heavy atom. The first-order valence-corrected chi connectivity index (χ1v) is 6.47. The van der Waals surface area contributed by atoms with E-state index in [0.29, 0.717) is 6.42 Å². The summed E-state index contributed by atoms with van der Waals surface area (Å²) in [5.41, 5.74) is 1.65. The van der Waals surface area contributed by atoms with Crippen LogP contribution in [0.4, 0.5) is 0 Å². The van der Waals surface area contributed by atoms with Gasteiger partial charge in [0.15, 0.2) is 5.43 Å². The minimum Gasteiger partial charge on any atom is -0.462 e. The summed E-state index contributed by atoms with van der Waals surface area (Å²) in [6, 6.07) is 1.51. The van der Waals surface area contributed by atoms with Crippen LogP contribution in [0.5, 0.6) is 0 Å². The normalized spacial score (nSPS) is 10.4. The van der Waals surface area contributed by atoms with Crippen molar-refractivity contribution in [3.05, 3.63) is 33.2 Å². The maximum Gasteiger partial charge on any atom is 0.343 e. The molecule has 1 aromatic rings. The Balaban J connectivity index is 3.47. The average Bonchev–Trinajstić information content (AvgIpc) is 2.29. The summed E-state index contributed by atoms with van der Waals surface area (Å²) < 4.78 is 6.99. The number of carbonyl (C=O) groups is 1. The first kappa shape index (κ1) is 14.5.